The van der Waals surface area contributed by atoms with Crippen molar-refractivity contribution >= 4 is 21.6 Å². The van der Waals surface area contributed by atoms with Gasteiger partial charge in [0.15, 0.2) is 5.75 Å². The molecule has 0 heterocycles. The van der Waals surface area contributed by atoms with E-state index >= 15 is 0 Å². The Morgan fingerprint density at radius 3 is 2.79 bits per heavy atom. The van der Waals surface area contributed by atoms with Crippen LogP contribution in [0.3, 0.4) is 0 Å². The van der Waals surface area contributed by atoms with E-state index in [2.05, 4.69) is 15.9 Å². The summed E-state index contributed by atoms with van der Waals surface area (Å²) in [6.07, 6.45) is 0. The predicted molar refractivity (Wildman–Crippen MR) is 74.0 cm³/mol. The summed E-state index contributed by atoms with van der Waals surface area (Å²) < 4.78 is 19.5. The van der Waals surface area contributed by atoms with Crippen LogP contribution in [0.15, 0.2) is 40.9 Å². The summed E-state index contributed by atoms with van der Waals surface area (Å²) in [5, 5.41) is 8.76. The maximum absolute atomic E-state index is 13.2. The molecule has 0 spiro atoms. The quantitative estimate of drug-likeness (QED) is 0.879. The lowest BCUT2D eigenvalue weighted by molar-refractivity contribution is 0.306. The fourth-order valence-corrected chi connectivity index (χ4v) is 2.08. The molecule has 2 aromatic rings. The van der Waals surface area contributed by atoms with Crippen LogP contribution in [0, 0.1) is 17.1 Å². The highest BCUT2D eigenvalue weighted by atomic mass is 79.9. The maximum atomic E-state index is 13.2. The molecule has 0 atom stereocenters. The second-order valence-electron chi connectivity index (χ2n) is 3.87. The highest BCUT2D eigenvalue weighted by Gasteiger charge is 2.07. The Morgan fingerprint density at radius 1 is 1.32 bits per heavy atom. The normalized spacial score (nSPS) is 9.95. The van der Waals surface area contributed by atoms with Crippen LogP contribution in [0.5, 0.6) is 5.75 Å². The minimum absolute atomic E-state index is 0.00111. The molecule has 0 aliphatic rings. The van der Waals surface area contributed by atoms with E-state index < -0.39 is 5.82 Å². The average molecular weight is 321 g/mol. The first-order valence-corrected chi connectivity index (χ1v) is 6.26. The highest BCUT2D eigenvalue weighted by Crippen LogP contribution is 2.31. The third-order valence-corrected chi connectivity index (χ3v) is 3.16. The molecule has 5 heteroatoms. The summed E-state index contributed by atoms with van der Waals surface area (Å²) >= 11 is 3.34. The number of nitrogens with zero attached hydrogens (tertiary/aromatic N) is 1. The molecular formula is C14H10BrFN2O. The molecule has 0 saturated carbocycles. The molecule has 19 heavy (non-hydrogen) atoms. The van der Waals surface area contributed by atoms with Crippen molar-refractivity contribution in [3.8, 4) is 11.8 Å². The van der Waals surface area contributed by atoms with Gasteiger partial charge in [0.2, 0.25) is 0 Å². The van der Waals surface area contributed by atoms with Crippen molar-refractivity contribution in [3.63, 3.8) is 0 Å². The molecule has 0 unspecified atom stereocenters. The Bertz CT molecular complexity index is 632. The van der Waals surface area contributed by atoms with Gasteiger partial charge in [-0.3, -0.25) is 0 Å². The molecule has 0 bridgehead atoms. The van der Waals surface area contributed by atoms with Crippen LogP contribution in [-0.4, -0.2) is 0 Å². The second-order valence-corrected chi connectivity index (χ2v) is 4.73. The first kappa shape index (κ1) is 13.4. The van der Waals surface area contributed by atoms with Gasteiger partial charge in [0, 0.05) is 0 Å². The van der Waals surface area contributed by atoms with E-state index in [0.29, 0.717) is 17.0 Å². The Hall–Kier alpha value is -2.06. The number of nitrogen functional groups attached to an aromatic ring is 1. The summed E-state index contributed by atoms with van der Waals surface area (Å²) in [5.41, 5.74) is 7.01. The predicted octanol–water partition coefficient (Wildman–Crippen LogP) is 3.62. The van der Waals surface area contributed by atoms with Crippen molar-refractivity contribution in [1.82, 2.24) is 0 Å². The summed E-state index contributed by atoms with van der Waals surface area (Å²) in [6.45, 7) is 0.210. The van der Waals surface area contributed by atoms with Crippen molar-refractivity contribution in [2.75, 3.05) is 5.73 Å². The molecule has 3 nitrogen and oxygen atoms in total. The molecule has 0 aromatic heterocycles. The van der Waals surface area contributed by atoms with Crippen LogP contribution < -0.4 is 10.5 Å². The van der Waals surface area contributed by atoms with Crippen LogP contribution >= 0.6 is 15.9 Å². The molecule has 0 radical (unpaired) electrons. The van der Waals surface area contributed by atoms with Gasteiger partial charge in [-0.15, -0.1) is 0 Å². The van der Waals surface area contributed by atoms with Gasteiger partial charge in [-0.1, -0.05) is 12.1 Å². The summed E-state index contributed by atoms with van der Waals surface area (Å²) in [5.74, 6) is -0.00279. The van der Waals surface area contributed by atoms with Crippen molar-refractivity contribution in [2.24, 2.45) is 0 Å². The fraction of sp³-hybridized carbons (Fsp3) is 0.0714. The minimum Gasteiger partial charge on any atom is -0.486 e. The fourth-order valence-electron chi connectivity index (χ4n) is 1.58. The number of benzene rings is 2. The van der Waals surface area contributed by atoms with E-state index in [1.165, 1.54) is 12.1 Å². The number of rotatable bonds is 3. The Balaban J connectivity index is 2.17. The van der Waals surface area contributed by atoms with Crippen molar-refractivity contribution in [3.05, 3.63) is 57.8 Å². The monoisotopic (exact) mass is 320 g/mol. The van der Waals surface area contributed by atoms with Crippen LogP contribution in [0.2, 0.25) is 0 Å². The van der Waals surface area contributed by atoms with Crippen molar-refractivity contribution < 1.29 is 9.13 Å². The zero-order valence-corrected chi connectivity index (χ0v) is 11.4. The number of hydrogen-bond acceptors (Lipinski definition) is 3. The molecule has 0 fully saturated rings. The summed E-state index contributed by atoms with van der Waals surface area (Å²) in [7, 11) is 0. The van der Waals surface area contributed by atoms with Crippen LogP contribution in [0.1, 0.15) is 11.1 Å². The van der Waals surface area contributed by atoms with Gasteiger partial charge in [-0.2, -0.15) is 5.26 Å². The zero-order chi connectivity index (χ0) is 13.8. The maximum Gasteiger partial charge on any atom is 0.156 e. The first-order valence-electron chi connectivity index (χ1n) is 5.47. The van der Waals surface area contributed by atoms with Crippen LogP contribution in [0.4, 0.5) is 10.1 Å². The SMILES string of the molecule is N#Cc1cc(COc2c(N)cccc2Br)ccc1F. The topological polar surface area (TPSA) is 59.0 Å². The zero-order valence-electron chi connectivity index (χ0n) is 9.86. The van der Waals surface area contributed by atoms with Gasteiger partial charge in [-0.05, 0) is 45.8 Å². The molecule has 2 rings (SSSR count). The number of nitriles is 1. The Morgan fingerprint density at radius 2 is 2.11 bits per heavy atom. The summed E-state index contributed by atoms with van der Waals surface area (Å²) in [4.78, 5) is 0. The second kappa shape index (κ2) is 5.72. The Labute approximate surface area is 118 Å². The average Bonchev–Trinajstić information content (AvgIpc) is 2.40. The molecule has 0 aliphatic heterocycles. The van der Waals surface area contributed by atoms with Gasteiger partial charge in [0.05, 0.1) is 15.7 Å². The highest BCUT2D eigenvalue weighted by molar-refractivity contribution is 9.10. The van der Waals surface area contributed by atoms with Crippen molar-refractivity contribution in [2.45, 2.75) is 6.61 Å². The van der Waals surface area contributed by atoms with E-state index in [0.717, 1.165) is 4.47 Å². The standard InChI is InChI=1S/C14H10BrFN2O/c15-11-2-1-3-13(18)14(11)19-8-9-4-5-12(16)10(6-9)7-17/h1-6H,8,18H2. The van der Waals surface area contributed by atoms with E-state index in [4.69, 9.17) is 15.7 Å². The van der Waals surface area contributed by atoms with Crippen molar-refractivity contribution in [1.29, 1.82) is 5.26 Å². The van der Waals surface area contributed by atoms with E-state index in [9.17, 15) is 4.39 Å². The van der Waals surface area contributed by atoms with E-state index in [1.807, 2.05) is 6.07 Å². The molecule has 0 aliphatic carbocycles. The minimum atomic E-state index is -0.536. The Kier molecular flexibility index (Phi) is 4.03. The van der Waals surface area contributed by atoms with Crippen LogP contribution in [0.25, 0.3) is 0 Å². The lowest BCUT2D eigenvalue weighted by atomic mass is 10.1. The summed E-state index contributed by atoms with van der Waals surface area (Å²) in [6, 6.07) is 11.4. The van der Waals surface area contributed by atoms with Crippen LogP contribution in [-0.2, 0) is 6.61 Å². The van der Waals surface area contributed by atoms with Gasteiger partial charge < -0.3 is 10.5 Å². The largest absolute Gasteiger partial charge is 0.486 e. The van der Waals surface area contributed by atoms with Gasteiger partial charge in [0.25, 0.3) is 0 Å². The number of nitrogens with two attached hydrogens (primary N) is 1. The number of ether oxygens (including phenoxy) is 1. The lowest BCUT2D eigenvalue weighted by Gasteiger charge is -2.11. The smallest absolute Gasteiger partial charge is 0.156 e. The first-order chi connectivity index (χ1) is 9.11. The molecular weight excluding hydrogens is 311 g/mol. The third-order valence-electron chi connectivity index (χ3n) is 2.53. The molecule has 2 N–H and O–H groups in total. The van der Waals surface area contributed by atoms with E-state index in [1.54, 1.807) is 24.3 Å². The third kappa shape index (κ3) is 3.04. The number of para-hydroxylation sites is 1. The van der Waals surface area contributed by atoms with Gasteiger partial charge >= 0.3 is 0 Å². The van der Waals surface area contributed by atoms with Gasteiger partial charge in [0.1, 0.15) is 18.5 Å². The number of anilines is 1. The lowest BCUT2D eigenvalue weighted by Crippen LogP contribution is -2.00. The van der Waals surface area contributed by atoms with E-state index in [-0.39, 0.29) is 12.2 Å². The number of hydrogen-bond donors (Lipinski definition) is 1. The molecule has 0 amide bonds. The molecule has 2 aromatic carbocycles. The number of halogens is 2. The molecule has 0 saturated heterocycles. The van der Waals surface area contributed by atoms with Gasteiger partial charge in [-0.25, -0.2) is 4.39 Å². The molecule has 96 valence electrons.